The van der Waals surface area contributed by atoms with Crippen LogP contribution in [0.1, 0.15) is 74.0 Å². The van der Waals surface area contributed by atoms with Gasteiger partial charge in [-0.15, -0.1) is 0 Å². The number of anilines is 1. The third-order valence-corrected chi connectivity index (χ3v) is 8.25. The molecule has 6 rings (SSSR count). The number of aromatic nitrogens is 3. The largest absolute Gasteiger partial charge is 0.483 e. The van der Waals surface area contributed by atoms with Crippen molar-refractivity contribution >= 4 is 23.1 Å². The number of ether oxygens (including phenoxy) is 1. The van der Waals surface area contributed by atoms with E-state index in [1.54, 1.807) is 0 Å². The average Bonchev–Trinajstić information content (AvgIpc) is 3.33. The first-order valence-corrected chi connectivity index (χ1v) is 14.0. The Bertz CT molecular complexity index is 1370. The van der Waals surface area contributed by atoms with Gasteiger partial charge in [0.15, 0.2) is 12.3 Å². The molecular weight excluding hydrogens is 476 g/mol. The highest BCUT2D eigenvalue weighted by molar-refractivity contribution is 5.78. The van der Waals surface area contributed by atoms with Gasteiger partial charge in [-0.3, -0.25) is 4.79 Å². The molecule has 3 aliphatic rings. The molecule has 8 nitrogen and oxygen atoms in total. The quantitative estimate of drug-likeness (QED) is 0.508. The summed E-state index contributed by atoms with van der Waals surface area (Å²) in [5.41, 5.74) is 6.04. The van der Waals surface area contributed by atoms with Crippen molar-refractivity contribution in [2.75, 3.05) is 37.7 Å². The summed E-state index contributed by atoms with van der Waals surface area (Å²) < 4.78 is 8.08. The molecular formula is C30H38N6O2. The number of carbonyl (C=O) groups is 1. The van der Waals surface area contributed by atoms with E-state index in [0.717, 1.165) is 85.0 Å². The van der Waals surface area contributed by atoms with Crippen LogP contribution in [-0.2, 0) is 4.79 Å². The Morgan fingerprint density at radius 1 is 1.11 bits per heavy atom. The Hall–Kier alpha value is -3.55. The van der Waals surface area contributed by atoms with Crippen LogP contribution in [0.25, 0.3) is 11.3 Å². The van der Waals surface area contributed by atoms with E-state index in [0.29, 0.717) is 18.2 Å². The van der Waals surface area contributed by atoms with Crippen molar-refractivity contribution in [1.82, 2.24) is 24.8 Å². The predicted octanol–water partition coefficient (Wildman–Crippen LogP) is 4.69. The van der Waals surface area contributed by atoms with E-state index < -0.39 is 0 Å². The van der Waals surface area contributed by atoms with E-state index >= 15 is 0 Å². The fourth-order valence-electron chi connectivity index (χ4n) is 6.05. The number of fused-ring (bicyclic) bond motifs is 4. The molecule has 2 bridgehead atoms. The Morgan fingerprint density at radius 3 is 2.76 bits per heavy atom. The van der Waals surface area contributed by atoms with E-state index in [9.17, 15) is 4.79 Å². The lowest BCUT2D eigenvalue weighted by atomic mass is 9.96. The zero-order valence-corrected chi connectivity index (χ0v) is 22.7. The normalized spacial score (nSPS) is 23.0. The van der Waals surface area contributed by atoms with Gasteiger partial charge < -0.3 is 19.9 Å². The molecule has 2 saturated heterocycles. The zero-order valence-electron chi connectivity index (χ0n) is 22.7. The summed E-state index contributed by atoms with van der Waals surface area (Å²) in [6, 6.07) is 10.6. The fraction of sp³-hybridized carbons (Fsp3) is 0.500. The molecule has 2 fully saturated rings. The van der Waals surface area contributed by atoms with Crippen molar-refractivity contribution in [2.45, 2.75) is 58.4 Å². The monoisotopic (exact) mass is 514 g/mol. The maximum absolute atomic E-state index is 12.7. The molecule has 0 radical (unpaired) electrons. The molecule has 2 unspecified atom stereocenters. The number of benzene rings is 1. The number of carbonyl (C=O) groups excluding carboxylic acids is 1. The summed E-state index contributed by atoms with van der Waals surface area (Å²) in [5, 5.41) is 8.21. The van der Waals surface area contributed by atoms with E-state index in [-0.39, 0.29) is 24.5 Å². The molecule has 0 saturated carbocycles. The molecule has 2 atom stereocenters. The SMILES string of the molecule is C=C1c2cc(C)ccc2OCC(=O)NCCC(C)c2cc(N3CC(C)C3)nc3cc(nn23)C2CCCCN12. The van der Waals surface area contributed by atoms with Crippen LogP contribution in [0.5, 0.6) is 5.75 Å². The second-order valence-electron chi connectivity index (χ2n) is 11.4. The standard InChI is InChI=1S/C30H38N6O2/c1-19-8-9-27-23(13-19)22(4)35-12-6-5-7-25(35)24-14-29-32-28(34-16-20(2)17-34)15-26(36(29)33-24)21(3)10-11-31-30(37)18-38-27/h8-9,13-15,20-21,25H,4-7,10-12,16-18H2,1-3H3,(H,31,37). The van der Waals surface area contributed by atoms with E-state index in [1.165, 1.54) is 0 Å². The number of hydrogen-bond donors (Lipinski definition) is 1. The molecule has 1 amide bonds. The lowest BCUT2D eigenvalue weighted by Gasteiger charge is -2.38. The maximum Gasteiger partial charge on any atom is 0.257 e. The molecule has 8 heteroatoms. The molecule has 1 N–H and O–H groups in total. The van der Waals surface area contributed by atoms with Crippen LogP contribution in [-0.4, -0.2) is 58.2 Å². The smallest absolute Gasteiger partial charge is 0.257 e. The summed E-state index contributed by atoms with van der Waals surface area (Å²) >= 11 is 0. The molecule has 200 valence electrons. The molecule has 5 heterocycles. The van der Waals surface area contributed by atoms with Crippen LogP contribution in [0, 0.1) is 12.8 Å². The van der Waals surface area contributed by atoms with Crippen molar-refractivity contribution in [3.63, 3.8) is 0 Å². The van der Waals surface area contributed by atoms with Gasteiger partial charge in [0, 0.05) is 55.5 Å². The van der Waals surface area contributed by atoms with Gasteiger partial charge >= 0.3 is 0 Å². The Kier molecular flexibility index (Phi) is 6.50. The number of aryl methyl sites for hydroxylation is 1. The van der Waals surface area contributed by atoms with Gasteiger partial charge in [-0.25, -0.2) is 9.50 Å². The molecule has 1 aromatic carbocycles. The van der Waals surface area contributed by atoms with Crippen LogP contribution in [0.4, 0.5) is 5.82 Å². The minimum Gasteiger partial charge on any atom is -0.483 e. The highest BCUT2D eigenvalue weighted by Crippen LogP contribution is 2.39. The molecule has 38 heavy (non-hydrogen) atoms. The first-order chi connectivity index (χ1) is 18.4. The summed E-state index contributed by atoms with van der Waals surface area (Å²) in [6.07, 6.45) is 4.06. The zero-order chi connectivity index (χ0) is 26.4. The third-order valence-electron chi connectivity index (χ3n) is 8.25. The first kappa shape index (κ1) is 24.8. The number of rotatable bonds is 1. The Morgan fingerprint density at radius 2 is 1.95 bits per heavy atom. The van der Waals surface area contributed by atoms with Gasteiger partial charge in [-0.1, -0.05) is 32.1 Å². The second kappa shape index (κ2) is 9.97. The van der Waals surface area contributed by atoms with Gasteiger partial charge in [0.25, 0.3) is 5.91 Å². The van der Waals surface area contributed by atoms with E-state index in [4.69, 9.17) is 14.8 Å². The number of nitrogens with one attached hydrogen (secondary N) is 1. The second-order valence-corrected chi connectivity index (χ2v) is 11.4. The van der Waals surface area contributed by atoms with Crippen LogP contribution < -0.4 is 15.0 Å². The van der Waals surface area contributed by atoms with Crippen LogP contribution in [0.15, 0.2) is 36.9 Å². The van der Waals surface area contributed by atoms with Crippen molar-refractivity contribution in [2.24, 2.45) is 5.92 Å². The number of hydrogen-bond acceptors (Lipinski definition) is 6. The summed E-state index contributed by atoms with van der Waals surface area (Å²) in [5.74, 6) is 2.48. The van der Waals surface area contributed by atoms with E-state index in [2.05, 4.69) is 60.7 Å². The first-order valence-electron chi connectivity index (χ1n) is 14.0. The van der Waals surface area contributed by atoms with Crippen LogP contribution >= 0.6 is 0 Å². The van der Waals surface area contributed by atoms with Crippen molar-refractivity contribution in [3.8, 4) is 5.75 Å². The lowest BCUT2D eigenvalue weighted by molar-refractivity contribution is -0.123. The predicted molar refractivity (Wildman–Crippen MR) is 149 cm³/mol. The van der Waals surface area contributed by atoms with Gasteiger partial charge in [0.1, 0.15) is 11.6 Å². The van der Waals surface area contributed by atoms with Crippen molar-refractivity contribution in [3.05, 3.63) is 59.4 Å². The molecule has 0 aliphatic carbocycles. The van der Waals surface area contributed by atoms with Gasteiger partial charge in [0.05, 0.1) is 17.4 Å². The minimum atomic E-state index is -0.117. The number of amides is 1. The van der Waals surface area contributed by atoms with Gasteiger partial charge in [-0.05, 0) is 50.7 Å². The summed E-state index contributed by atoms with van der Waals surface area (Å²) in [6.45, 7) is 14.6. The highest BCUT2D eigenvalue weighted by atomic mass is 16.5. The molecule has 2 aromatic heterocycles. The van der Waals surface area contributed by atoms with Crippen molar-refractivity contribution in [1.29, 1.82) is 0 Å². The minimum absolute atomic E-state index is 0.0155. The fourth-order valence-corrected chi connectivity index (χ4v) is 6.05. The maximum atomic E-state index is 12.7. The van der Waals surface area contributed by atoms with Gasteiger partial charge in [-0.2, -0.15) is 5.10 Å². The Labute approximate surface area is 224 Å². The Balaban J connectivity index is 1.46. The van der Waals surface area contributed by atoms with Crippen LogP contribution in [0.2, 0.25) is 0 Å². The third kappa shape index (κ3) is 4.61. The molecule has 0 spiro atoms. The summed E-state index contributed by atoms with van der Waals surface area (Å²) in [7, 11) is 0. The van der Waals surface area contributed by atoms with Crippen molar-refractivity contribution < 1.29 is 9.53 Å². The molecule has 3 aliphatic heterocycles. The summed E-state index contributed by atoms with van der Waals surface area (Å²) in [4.78, 5) is 22.5. The number of piperidine rings is 1. The van der Waals surface area contributed by atoms with Gasteiger partial charge in [0.2, 0.25) is 0 Å². The average molecular weight is 515 g/mol. The highest BCUT2D eigenvalue weighted by Gasteiger charge is 2.31. The lowest BCUT2D eigenvalue weighted by Crippen LogP contribution is -2.45. The molecule has 3 aromatic rings. The number of nitrogens with zero attached hydrogens (tertiary/aromatic N) is 5. The van der Waals surface area contributed by atoms with E-state index in [1.807, 2.05) is 16.6 Å². The topological polar surface area (TPSA) is 75.0 Å². The van der Waals surface area contributed by atoms with Crippen LogP contribution in [0.3, 0.4) is 0 Å².